The summed E-state index contributed by atoms with van der Waals surface area (Å²) in [5, 5.41) is 1.11. The molecule has 0 saturated carbocycles. The van der Waals surface area contributed by atoms with Crippen molar-refractivity contribution in [3.05, 3.63) is 65.0 Å². The standard InChI is InChI=1S/C23H28N2O/c1-4-14-24(15-5-2)20-13-12-19-16-21(18-10-8-7-9-11-18)23(26)25(6-3)22(19)17-20/h7-13,16-17H,4-6,14-15H2,1-3H3. The zero-order valence-corrected chi connectivity index (χ0v) is 16.0. The Bertz CT molecular complexity index is 922. The molecule has 3 nitrogen and oxygen atoms in total. The Morgan fingerprint density at radius 1 is 0.885 bits per heavy atom. The molecule has 1 heterocycles. The van der Waals surface area contributed by atoms with E-state index in [2.05, 4.69) is 36.9 Å². The van der Waals surface area contributed by atoms with Gasteiger partial charge in [-0.25, -0.2) is 0 Å². The van der Waals surface area contributed by atoms with Crippen molar-refractivity contribution >= 4 is 16.6 Å². The lowest BCUT2D eigenvalue weighted by molar-refractivity contribution is 0.741. The van der Waals surface area contributed by atoms with Gasteiger partial charge in [0.2, 0.25) is 0 Å². The van der Waals surface area contributed by atoms with E-state index in [1.807, 2.05) is 47.9 Å². The number of anilines is 1. The van der Waals surface area contributed by atoms with Gasteiger partial charge in [0.25, 0.3) is 5.56 Å². The zero-order valence-electron chi connectivity index (χ0n) is 16.0. The highest BCUT2D eigenvalue weighted by Gasteiger charge is 2.12. The average molecular weight is 348 g/mol. The molecular weight excluding hydrogens is 320 g/mol. The lowest BCUT2D eigenvalue weighted by Gasteiger charge is -2.24. The number of pyridine rings is 1. The molecule has 0 saturated heterocycles. The summed E-state index contributed by atoms with van der Waals surface area (Å²) in [6.45, 7) is 9.20. The normalized spacial score (nSPS) is 11.0. The fourth-order valence-electron chi connectivity index (χ4n) is 3.60. The Labute approximate surface area is 155 Å². The number of aromatic nitrogens is 1. The van der Waals surface area contributed by atoms with Gasteiger partial charge in [0.1, 0.15) is 0 Å². The van der Waals surface area contributed by atoms with E-state index in [1.54, 1.807) is 0 Å². The highest BCUT2D eigenvalue weighted by Crippen LogP contribution is 2.25. The first-order valence-electron chi connectivity index (χ1n) is 9.67. The first kappa shape index (κ1) is 18.2. The molecule has 0 bridgehead atoms. The number of nitrogens with zero attached hydrogens (tertiary/aromatic N) is 2. The van der Waals surface area contributed by atoms with Gasteiger partial charge in [0.15, 0.2) is 0 Å². The minimum Gasteiger partial charge on any atom is -0.371 e. The van der Waals surface area contributed by atoms with E-state index in [-0.39, 0.29) is 5.56 Å². The number of benzene rings is 2. The van der Waals surface area contributed by atoms with Gasteiger partial charge in [-0.2, -0.15) is 0 Å². The second kappa shape index (κ2) is 8.22. The Hall–Kier alpha value is -2.55. The molecule has 0 fully saturated rings. The smallest absolute Gasteiger partial charge is 0.258 e. The van der Waals surface area contributed by atoms with Gasteiger partial charge in [0, 0.05) is 30.9 Å². The minimum atomic E-state index is 0.0842. The maximum Gasteiger partial charge on any atom is 0.258 e. The summed E-state index contributed by atoms with van der Waals surface area (Å²) in [7, 11) is 0. The SMILES string of the molecule is CCCN(CCC)c1ccc2cc(-c3ccccc3)c(=O)n(CC)c2c1. The quantitative estimate of drug-likeness (QED) is 0.578. The Morgan fingerprint density at radius 2 is 1.58 bits per heavy atom. The predicted molar refractivity (Wildman–Crippen MR) is 112 cm³/mol. The van der Waals surface area contributed by atoms with Crippen molar-refractivity contribution < 1.29 is 0 Å². The first-order chi connectivity index (χ1) is 12.7. The molecule has 0 N–H and O–H groups in total. The van der Waals surface area contributed by atoms with Crippen LogP contribution in [0.25, 0.3) is 22.0 Å². The third-order valence-electron chi connectivity index (χ3n) is 4.83. The van der Waals surface area contributed by atoms with Crippen LogP contribution < -0.4 is 10.5 Å². The summed E-state index contributed by atoms with van der Waals surface area (Å²) in [4.78, 5) is 15.5. The fraction of sp³-hybridized carbons (Fsp3) is 0.348. The molecule has 0 amide bonds. The molecular formula is C23H28N2O. The third kappa shape index (κ3) is 3.52. The lowest BCUT2D eigenvalue weighted by Crippen LogP contribution is -2.25. The molecule has 0 spiro atoms. The highest BCUT2D eigenvalue weighted by molar-refractivity contribution is 5.87. The van der Waals surface area contributed by atoms with Crippen LogP contribution in [0, 0.1) is 0 Å². The third-order valence-corrected chi connectivity index (χ3v) is 4.83. The van der Waals surface area contributed by atoms with Crippen molar-refractivity contribution in [2.24, 2.45) is 0 Å². The van der Waals surface area contributed by atoms with Gasteiger partial charge in [0.05, 0.1) is 5.52 Å². The largest absolute Gasteiger partial charge is 0.371 e. The number of hydrogen-bond donors (Lipinski definition) is 0. The maximum absolute atomic E-state index is 13.1. The molecule has 26 heavy (non-hydrogen) atoms. The summed E-state index contributed by atoms with van der Waals surface area (Å²) < 4.78 is 1.90. The van der Waals surface area contributed by atoms with Gasteiger partial charge in [-0.05, 0) is 48.9 Å². The van der Waals surface area contributed by atoms with Crippen LogP contribution in [0.15, 0.2) is 59.4 Å². The number of fused-ring (bicyclic) bond motifs is 1. The minimum absolute atomic E-state index is 0.0842. The van der Waals surface area contributed by atoms with Crippen LogP contribution in [-0.2, 0) is 6.54 Å². The lowest BCUT2D eigenvalue weighted by atomic mass is 10.0. The van der Waals surface area contributed by atoms with E-state index in [9.17, 15) is 4.79 Å². The molecule has 0 radical (unpaired) electrons. The molecule has 0 unspecified atom stereocenters. The van der Waals surface area contributed by atoms with Gasteiger partial charge in [-0.3, -0.25) is 4.79 Å². The van der Waals surface area contributed by atoms with Crippen LogP contribution in [0.2, 0.25) is 0 Å². The van der Waals surface area contributed by atoms with Crippen molar-refractivity contribution in [3.63, 3.8) is 0 Å². The van der Waals surface area contributed by atoms with Crippen LogP contribution in [0.3, 0.4) is 0 Å². The van der Waals surface area contributed by atoms with Crippen LogP contribution in [0.4, 0.5) is 5.69 Å². The maximum atomic E-state index is 13.1. The molecule has 0 aliphatic rings. The van der Waals surface area contributed by atoms with Crippen molar-refractivity contribution in [3.8, 4) is 11.1 Å². The van der Waals surface area contributed by atoms with Gasteiger partial charge in [-0.1, -0.05) is 50.2 Å². The van der Waals surface area contributed by atoms with Crippen LogP contribution in [-0.4, -0.2) is 17.7 Å². The number of aryl methyl sites for hydroxylation is 1. The summed E-state index contributed by atoms with van der Waals surface area (Å²) in [6.07, 6.45) is 2.23. The van der Waals surface area contributed by atoms with E-state index in [0.29, 0.717) is 6.54 Å². The van der Waals surface area contributed by atoms with E-state index in [0.717, 1.165) is 48.0 Å². The van der Waals surface area contributed by atoms with Crippen LogP contribution >= 0.6 is 0 Å². The Balaban J connectivity index is 2.17. The molecule has 0 aliphatic heterocycles. The van der Waals surface area contributed by atoms with Crippen molar-refractivity contribution in [2.45, 2.75) is 40.2 Å². The second-order valence-electron chi connectivity index (χ2n) is 6.70. The van der Waals surface area contributed by atoms with Crippen molar-refractivity contribution in [1.29, 1.82) is 0 Å². The molecule has 3 heteroatoms. The van der Waals surface area contributed by atoms with Crippen LogP contribution in [0.1, 0.15) is 33.6 Å². The van der Waals surface area contributed by atoms with E-state index in [1.165, 1.54) is 5.69 Å². The highest BCUT2D eigenvalue weighted by atomic mass is 16.1. The molecule has 0 atom stereocenters. The van der Waals surface area contributed by atoms with Gasteiger partial charge in [-0.15, -0.1) is 0 Å². The summed E-state index contributed by atoms with van der Waals surface area (Å²) >= 11 is 0. The number of rotatable bonds is 7. The van der Waals surface area contributed by atoms with Crippen molar-refractivity contribution in [2.75, 3.05) is 18.0 Å². The average Bonchev–Trinajstić information content (AvgIpc) is 2.67. The Morgan fingerprint density at radius 3 is 2.19 bits per heavy atom. The molecule has 3 rings (SSSR count). The van der Waals surface area contributed by atoms with Gasteiger partial charge >= 0.3 is 0 Å². The summed E-state index contributed by atoms with van der Waals surface area (Å²) in [5.74, 6) is 0. The second-order valence-corrected chi connectivity index (χ2v) is 6.70. The summed E-state index contributed by atoms with van der Waals surface area (Å²) in [6, 6.07) is 18.5. The van der Waals surface area contributed by atoms with E-state index >= 15 is 0 Å². The fourth-order valence-corrected chi connectivity index (χ4v) is 3.60. The van der Waals surface area contributed by atoms with Crippen molar-refractivity contribution in [1.82, 2.24) is 4.57 Å². The van der Waals surface area contributed by atoms with Gasteiger partial charge < -0.3 is 9.47 Å². The monoisotopic (exact) mass is 348 g/mol. The van der Waals surface area contributed by atoms with E-state index < -0.39 is 0 Å². The molecule has 2 aromatic carbocycles. The molecule has 0 aliphatic carbocycles. The Kier molecular flexibility index (Phi) is 5.77. The van der Waals surface area contributed by atoms with E-state index in [4.69, 9.17) is 0 Å². The molecule has 136 valence electrons. The summed E-state index contributed by atoms with van der Waals surface area (Å²) in [5.41, 5.74) is 4.05. The zero-order chi connectivity index (χ0) is 18.5. The molecule has 3 aromatic rings. The first-order valence-corrected chi connectivity index (χ1v) is 9.67. The topological polar surface area (TPSA) is 25.2 Å². The van der Waals surface area contributed by atoms with Crippen LogP contribution in [0.5, 0.6) is 0 Å². The number of hydrogen-bond acceptors (Lipinski definition) is 2. The molecule has 1 aromatic heterocycles. The predicted octanol–water partition coefficient (Wildman–Crippen LogP) is 5.31.